The fourth-order valence-electron chi connectivity index (χ4n) is 11.6. The van der Waals surface area contributed by atoms with Gasteiger partial charge in [0.05, 0.1) is 72.7 Å². The lowest BCUT2D eigenvalue weighted by Crippen LogP contribution is -2.62. The molecular formula is C56H111N2O15PSi2. The predicted octanol–water partition coefficient (Wildman–Crippen LogP) is 10.0. The minimum atomic E-state index is -2.23. The van der Waals surface area contributed by atoms with E-state index in [0.717, 1.165) is 25.4 Å². The number of carbonyl (C=O) groups is 1. The third kappa shape index (κ3) is 19.4. The van der Waals surface area contributed by atoms with Crippen LogP contribution in [0.15, 0.2) is 5.16 Å². The van der Waals surface area contributed by atoms with Crippen molar-refractivity contribution >= 4 is 35.5 Å². The zero-order valence-corrected chi connectivity index (χ0v) is 54.8. The van der Waals surface area contributed by atoms with Gasteiger partial charge in [0.1, 0.15) is 17.8 Å². The summed E-state index contributed by atoms with van der Waals surface area (Å²) < 4.78 is 71.0. The van der Waals surface area contributed by atoms with Crippen LogP contribution in [-0.4, -0.2) is 185 Å². The molecule has 4 aliphatic rings. The van der Waals surface area contributed by atoms with Gasteiger partial charge >= 0.3 is 5.97 Å². The molecule has 3 N–H and O–H groups in total. The molecule has 17 nitrogen and oxygen atoms in total. The predicted molar refractivity (Wildman–Crippen MR) is 306 cm³/mol. The molecule has 0 bridgehead atoms. The van der Waals surface area contributed by atoms with E-state index in [1.165, 1.54) is 6.92 Å². The average Bonchev–Trinajstić information content (AvgIpc) is 3.28. The van der Waals surface area contributed by atoms with Crippen LogP contribution in [0.25, 0.3) is 0 Å². The van der Waals surface area contributed by atoms with Gasteiger partial charge in [0.25, 0.3) is 0 Å². The lowest BCUT2D eigenvalue weighted by atomic mass is 9.73. The number of rotatable bonds is 16. The number of hydrogen-bond donors (Lipinski definition) is 3. The van der Waals surface area contributed by atoms with Crippen LogP contribution < -0.4 is 0 Å². The smallest absolute Gasteiger partial charge is 0.311 e. The molecule has 0 spiro atoms. The summed E-state index contributed by atoms with van der Waals surface area (Å²) in [5.74, 6) is -4.82. The topological polar surface area (TPSA) is 203 Å². The van der Waals surface area contributed by atoms with E-state index in [2.05, 4.69) is 44.2 Å². The molecule has 3 saturated heterocycles. The summed E-state index contributed by atoms with van der Waals surface area (Å²) in [6, 6.07) is -0.0774. The van der Waals surface area contributed by atoms with Gasteiger partial charge in [-0.3, -0.25) is 4.79 Å². The van der Waals surface area contributed by atoms with E-state index in [-0.39, 0.29) is 37.5 Å². The van der Waals surface area contributed by atoms with Crippen molar-refractivity contribution in [3.05, 3.63) is 0 Å². The van der Waals surface area contributed by atoms with Crippen molar-refractivity contribution in [2.45, 2.75) is 283 Å². The average molecular weight is 1140 g/mol. The molecule has 0 unspecified atom stereocenters. The summed E-state index contributed by atoms with van der Waals surface area (Å²) in [4.78, 5) is 23.5. The number of ether oxygens (including phenoxy) is 7. The first-order valence-corrected chi connectivity index (χ1v) is 38.3. The maximum Gasteiger partial charge on any atom is 0.311 e. The van der Waals surface area contributed by atoms with Gasteiger partial charge in [-0.05, 0) is 160 Å². The number of nitrogens with zero attached hydrogens (tertiary/aromatic N) is 2. The molecule has 20 heteroatoms. The van der Waals surface area contributed by atoms with Gasteiger partial charge in [0.2, 0.25) is 5.79 Å². The maximum atomic E-state index is 14.8. The Hall–Kier alpha value is -0.876. The summed E-state index contributed by atoms with van der Waals surface area (Å²) in [5, 5.41) is 43.0. The molecule has 0 aromatic carbocycles. The molecular weight excluding hydrogens is 1030 g/mol. The highest BCUT2D eigenvalue weighted by molar-refractivity contribution is 7.62. The first-order chi connectivity index (χ1) is 34.7. The highest BCUT2D eigenvalue weighted by atomic mass is 31.2. The summed E-state index contributed by atoms with van der Waals surface area (Å²) in [7, 11) is -0.226. The Morgan fingerprint density at radius 1 is 0.829 bits per heavy atom. The second-order valence-corrected chi connectivity index (χ2v) is 39.3. The number of esters is 1. The van der Waals surface area contributed by atoms with Gasteiger partial charge in [0, 0.05) is 50.2 Å². The Labute approximate surface area is 462 Å². The van der Waals surface area contributed by atoms with Crippen molar-refractivity contribution in [1.29, 1.82) is 0 Å². The Morgan fingerprint density at radius 2 is 1.39 bits per heavy atom. The molecule has 0 radical (unpaired) electrons. The van der Waals surface area contributed by atoms with Gasteiger partial charge in [-0.15, -0.1) is 0 Å². The van der Waals surface area contributed by atoms with Crippen LogP contribution in [0.1, 0.15) is 148 Å². The van der Waals surface area contributed by atoms with Crippen LogP contribution in [0, 0.1) is 23.7 Å². The molecule has 0 aromatic rings. The quantitative estimate of drug-likeness (QED) is 0.0433. The number of methoxy groups -OCH3 is 1. The SMILES string of the molecule is CCP(C)(C)=O.CC[C@H]1OC(=O)[C@H](C)[C@@H](O[C@H]2C[C@@](C)(OC)[C@@H](O[Si](C)(C)C)[C@H](C)O2)[C@H](C)[C@@H](O[C@@H]2O[C@H](C)C[C@H](N(C)C)[C@H]2O[Si](C)(C)C)[C@@](C)(O)C[C@@H](C)/C(=N/OC2(OC(C)C)CCCCC2)[C@H](C)[C@@H](O)[C@]1(C)O. The minimum Gasteiger partial charge on any atom is -0.459 e. The first kappa shape index (κ1) is 69.4. The van der Waals surface area contributed by atoms with Crippen LogP contribution in [0.3, 0.4) is 0 Å². The van der Waals surface area contributed by atoms with Crippen molar-refractivity contribution in [3.8, 4) is 0 Å². The zero-order valence-electron chi connectivity index (χ0n) is 51.9. The van der Waals surface area contributed by atoms with Crippen molar-refractivity contribution in [1.82, 2.24) is 4.90 Å². The second kappa shape index (κ2) is 27.9. The Morgan fingerprint density at radius 3 is 1.88 bits per heavy atom. The summed E-state index contributed by atoms with van der Waals surface area (Å²) in [6.07, 6.45) is -2.11. The molecule has 18 atom stereocenters. The van der Waals surface area contributed by atoms with E-state index in [1.807, 2.05) is 69.5 Å². The van der Waals surface area contributed by atoms with Crippen LogP contribution in [0.4, 0.5) is 0 Å². The molecule has 1 saturated carbocycles. The fourth-order valence-corrected chi connectivity index (χ4v) is 13.9. The van der Waals surface area contributed by atoms with Crippen LogP contribution in [0.5, 0.6) is 0 Å². The second-order valence-electron chi connectivity index (χ2n) is 26.6. The molecule has 3 heterocycles. The number of oxime groups is 1. The van der Waals surface area contributed by atoms with Crippen LogP contribution >= 0.6 is 7.14 Å². The van der Waals surface area contributed by atoms with Gasteiger partial charge < -0.3 is 71.6 Å². The van der Waals surface area contributed by atoms with Gasteiger partial charge in [-0.25, -0.2) is 0 Å². The fraction of sp³-hybridized carbons (Fsp3) is 0.964. The highest BCUT2D eigenvalue weighted by Gasteiger charge is 2.55. The normalized spacial score (nSPS) is 40.2. The number of cyclic esters (lactones) is 1. The van der Waals surface area contributed by atoms with Crippen molar-refractivity contribution in [2.24, 2.45) is 28.8 Å². The third-order valence-corrected chi connectivity index (χ3v) is 19.4. The summed E-state index contributed by atoms with van der Waals surface area (Å²) in [5.41, 5.74) is -4.07. The number of hydrogen-bond acceptors (Lipinski definition) is 17. The van der Waals surface area contributed by atoms with E-state index >= 15 is 0 Å². The molecule has 3 aliphatic heterocycles. The van der Waals surface area contributed by atoms with E-state index in [0.29, 0.717) is 25.0 Å². The molecule has 76 heavy (non-hydrogen) atoms. The maximum absolute atomic E-state index is 14.8. The lowest BCUT2D eigenvalue weighted by molar-refractivity contribution is -0.315. The standard InChI is InChI=1S/C52H100N2O14Si2.C4H11OP/c1-22-39-51(12,58)44(55)34(6)41(53-68-52(65-31(2)3)26-24-23-25-27-52)32(4)29-49(10,57)45(64-48-43(66-69(16,17)18)38(54(13)14)28-33(5)60-48)35(7)42(36(8)47(56)62-39)63-40-30-50(11,59-15)46(37(9)61-40)67-70(19,20)21;1-4-6(2,3)5/h31-40,42-46,48,55,57-58H,22-30H2,1-21H3;4H2,1-3H3/b53-41-;/t32-,33-,34+,35+,36-,37+,38+,39-,40+,42+,43-,44-,45-,46+,48+,49+,50-,51-;/m1./s1. The monoisotopic (exact) mass is 1140 g/mol. The van der Waals surface area contributed by atoms with E-state index in [1.54, 1.807) is 48.1 Å². The van der Waals surface area contributed by atoms with Crippen molar-refractivity contribution in [3.63, 3.8) is 0 Å². The van der Waals surface area contributed by atoms with E-state index < -0.39 is 131 Å². The molecule has 0 aromatic heterocycles. The van der Waals surface area contributed by atoms with Gasteiger partial charge in [0.15, 0.2) is 29.2 Å². The van der Waals surface area contributed by atoms with Crippen molar-refractivity contribution in [2.75, 3.05) is 40.7 Å². The minimum absolute atomic E-state index is 0.0531. The Balaban J connectivity index is 0.00000239. The van der Waals surface area contributed by atoms with Crippen LogP contribution in [-0.2, 0) is 56.2 Å². The summed E-state index contributed by atoms with van der Waals surface area (Å²) in [6.45, 7) is 40.6. The van der Waals surface area contributed by atoms with Gasteiger partial charge in [-0.2, -0.15) is 0 Å². The van der Waals surface area contributed by atoms with Crippen LogP contribution in [0.2, 0.25) is 39.3 Å². The Kier molecular flexibility index (Phi) is 25.5. The number of likely N-dealkylation sites (N-methyl/N-ethyl adjacent to an activating group) is 1. The van der Waals surface area contributed by atoms with E-state index in [9.17, 15) is 24.7 Å². The number of aliphatic hydroxyl groups is 3. The van der Waals surface area contributed by atoms with E-state index in [4.69, 9.17) is 52.0 Å². The molecule has 4 rings (SSSR count). The first-order valence-electron chi connectivity index (χ1n) is 28.7. The third-order valence-electron chi connectivity index (χ3n) is 15.9. The Bertz CT molecular complexity index is 1870. The zero-order chi connectivity index (χ0) is 58.3. The highest BCUT2D eigenvalue weighted by Crippen LogP contribution is 2.43. The molecule has 0 amide bonds. The van der Waals surface area contributed by atoms with Gasteiger partial charge in [-0.1, -0.05) is 46.2 Å². The summed E-state index contributed by atoms with van der Waals surface area (Å²) >= 11 is 0. The largest absolute Gasteiger partial charge is 0.459 e. The number of aliphatic hydroxyl groups excluding tert-OH is 1. The molecule has 448 valence electrons. The van der Waals surface area contributed by atoms with Crippen molar-refractivity contribution < 1.29 is 71.5 Å². The lowest BCUT2D eigenvalue weighted by Gasteiger charge is -2.51. The molecule has 1 aliphatic carbocycles. The molecule has 4 fully saturated rings. The number of carbonyl (C=O) groups excluding carboxylic acids is 1.